The molecule has 4 aromatic carbocycles. The molecule has 44 heavy (non-hydrogen) atoms. The van der Waals surface area contributed by atoms with Crippen molar-refractivity contribution in [3.63, 3.8) is 0 Å². The van der Waals surface area contributed by atoms with Gasteiger partial charge in [0, 0.05) is 29.0 Å². The minimum absolute atomic E-state index is 0.00350. The molecule has 0 unspecified atom stereocenters. The van der Waals surface area contributed by atoms with Gasteiger partial charge in [-0.25, -0.2) is 12.8 Å². The molecule has 1 N–H and O–H groups in total. The number of hydrogen-bond donors (Lipinski definition) is 1. The van der Waals surface area contributed by atoms with Gasteiger partial charge < -0.3 is 10.2 Å². The number of carbonyl (C=O) groups is 2. The van der Waals surface area contributed by atoms with Crippen molar-refractivity contribution in [1.82, 2.24) is 10.2 Å². The molecule has 0 bridgehead atoms. The smallest absolute Gasteiger partial charge is 0.264 e. The molecule has 0 radical (unpaired) electrons. The van der Waals surface area contributed by atoms with E-state index in [1.165, 1.54) is 23.1 Å². The van der Waals surface area contributed by atoms with Gasteiger partial charge >= 0.3 is 0 Å². The van der Waals surface area contributed by atoms with E-state index >= 15 is 4.39 Å². The van der Waals surface area contributed by atoms with E-state index < -0.39 is 40.2 Å². The molecule has 0 saturated heterocycles. The predicted octanol–water partition coefficient (Wildman–Crippen LogP) is 6.34. The molecule has 0 spiro atoms. The van der Waals surface area contributed by atoms with Gasteiger partial charge in [-0.05, 0) is 55.3 Å². The highest BCUT2D eigenvalue weighted by Gasteiger charge is 2.35. The van der Waals surface area contributed by atoms with Gasteiger partial charge in [0.15, 0.2) is 0 Å². The maximum absolute atomic E-state index is 15.0. The molecular weight excluding hydrogens is 645 g/mol. The van der Waals surface area contributed by atoms with E-state index in [4.69, 9.17) is 0 Å². The van der Waals surface area contributed by atoms with Crippen LogP contribution in [0.3, 0.4) is 0 Å². The first kappa shape index (κ1) is 32.9. The number of anilines is 1. The normalized spacial score (nSPS) is 12.6. The summed E-state index contributed by atoms with van der Waals surface area (Å²) >= 11 is 3.40. The van der Waals surface area contributed by atoms with E-state index in [-0.39, 0.29) is 35.2 Å². The summed E-state index contributed by atoms with van der Waals surface area (Å²) in [5.41, 5.74) is 1.25. The second-order valence-corrected chi connectivity index (χ2v) is 13.2. The summed E-state index contributed by atoms with van der Waals surface area (Å²) in [6.07, 6.45) is 0.808. The Hall–Kier alpha value is -4.02. The molecule has 10 heteroatoms. The lowest BCUT2D eigenvalue weighted by atomic mass is 10.0. The second-order valence-electron chi connectivity index (χ2n) is 10.4. The summed E-state index contributed by atoms with van der Waals surface area (Å²) in [6.45, 7) is 2.93. The lowest BCUT2D eigenvalue weighted by molar-refractivity contribution is -0.140. The largest absolute Gasteiger partial charge is 0.352 e. The topological polar surface area (TPSA) is 86.8 Å². The van der Waals surface area contributed by atoms with Gasteiger partial charge in [0.1, 0.15) is 18.4 Å². The zero-order valence-electron chi connectivity index (χ0n) is 24.6. The lowest BCUT2D eigenvalue weighted by Crippen LogP contribution is -2.54. The maximum atomic E-state index is 15.0. The summed E-state index contributed by atoms with van der Waals surface area (Å²) in [5, 5.41) is 2.97. The minimum Gasteiger partial charge on any atom is -0.352 e. The quantitative estimate of drug-likeness (QED) is 0.179. The fourth-order valence-corrected chi connectivity index (χ4v) is 6.50. The molecule has 2 amide bonds. The van der Waals surface area contributed by atoms with Gasteiger partial charge in [0.2, 0.25) is 11.8 Å². The fraction of sp³-hybridized carbons (Fsp3) is 0.235. The van der Waals surface area contributed by atoms with Crippen LogP contribution in [0, 0.1) is 5.82 Å². The summed E-state index contributed by atoms with van der Waals surface area (Å²) in [6, 6.07) is 28.5. The third-order valence-corrected chi connectivity index (χ3v) is 9.56. The number of benzene rings is 4. The summed E-state index contributed by atoms with van der Waals surface area (Å²) in [4.78, 5) is 29.5. The second kappa shape index (κ2) is 15.1. The molecule has 7 nitrogen and oxygen atoms in total. The first-order valence-corrected chi connectivity index (χ1v) is 16.5. The van der Waals surface area contributed by atoms with E-state index in [0.717, 1.165) is 9.87 Å². The molecule has 0 aliphatic rings. The molecule has 0 fully saturated rings. The predicted molar refractivity (Wildman–Crippen MR) is 174 cm³/mol. The summed E-state index contributed by atoms with van der Waals surface area (Å²) in [7, 11) is -4.22. The van der Waals surface area contributed by atoms with Crippen molar-refractivity contribution in [1.29, 1.82) is 0 Å². The highest BCUT2D eigenvalue weighted by Crippen LogP contribution is 2.27. The van der Waals surface area contributed by atoms with Crippen molar-refractivity contribution in [2.24, 2.45) is 0 Å². The number of carbonyl (C=O) groups excluding carboxylic acids is 2. The number of nitrogens with zero attached hydrogens (tertiary/aromatic N) is 2. The standard InChI is InChI=1S/C34H35BrFN3O4S/c1-3-25(2)37-34(41)32(21-26-13-6-4-7-14-26)38(23-27-15-10-11-20-31(27)36)33(40)24-39(29-17-12-16-28(35)22-29)44(42,43)30-18-8-5-9-19-30/h4-20,22,25,32H,3,21,23-24H2,1-2H3,(H,37,41)/t25-,32+/m0/s1. The number of hydrogen-bond acceptors (Lipinski definition) is 4. The van der Waals surface area contributed by atoms with Crippen LogP contribution < -0.4 is 9.62 Å². The van der Waals surface area contributed by atoms with Gasteiger partial charge in [0.05, 0.1) is 10.6 Å². The number of nitrogens with one attached hydrogen (secondary N) is 1. The van der Waals surface area contributed by atoms with Crippen molar-refractivity contribution in [2.75, 3.05) is 10.8 Å². The molecule has 4 aromatic rings. The van der Waals surface area contributed by atoms with Gasteiger partial charge in [-0.1, -0.05) is 95.7 Å². The molecule has 0 heterocycles. The van der Waals surface area contributed by atoms with Crippen LogP contribution in [0.2, 0.25) is 0 Å². The molecule has 4 rings (SSSR count). The van der Waals surface area contributed by atoms with Crippen LogP contribution >= 0.6 is 15.9 Å². The fourth-order valence-electron chi connectivity index (χ4n) is 4.68. The number of sulfonamides is 1. The Balaban J connectivity index is 1.81. The third kappa shape index (κ3) is 8.33. The first-order chi connectivity index (χ1) is 21.1. The number of rotatable bonds is 13. The van der Waals surface area contributed by atoms with Gasteiger partial charge in [-0.3, -0.25) is 13.9 Å². The SMILES string of the molecule is CC[C@H](C)NC(=O)[C@@H](Cc1ccccc1)N(Cc1ccccc1F)C(=O)CN(c1cccc(Br)c1)S(=O)(=O)c1ccccc1. The van der Waals surface area contributed by atoms with Crippen LogP contribution in [0.4, 0.5) is 10.1 Å². The summed E-state index contributed by atoms with van der Waals surface area (Å²) in [5.74, 6) is -1.60. The van der Waals surface area contributed by atoms with Crippen LogP contribution in [-0.4, -0.2) is 43.8 Å². The Morgan fingerprint density at radius 2 is 1.52 bits per heavy atom. The van der Waals surface area contributed by atoms with Gasteiger partial charge in [-0.2, -0.15) is 0 Å². The van der Waals surface area contributed by atoms with Crippen LogP contribution in [0.15, 0.2) is 119 Å². The van der Waals surface area contributed by atoms with Crippen LogP contribution in [0.25, 0.3) is 0 Å². The highest BCUT2D eigenvalue weighted by atomic mass is 79.9. The highest BCUT2D eigenvalue weighted by molar-refractivity contribution is 9.10. The van der Waals surface area contributed by atoms with E-state index in [2.05, 4.69) is 21.2 Å². The van der Waals surface area contributed by atoms with Crippen LogP contribution in [0.1, 0.15) is 31.4 Å². The van der Waals surface area contributed by atoms with E-state index in [1.807, 2.05) is 44.2 Å². The van der Waals surface area contributed by atoms with Crippen molar-refractivity contribution in [3.05, 3.63) is 131 Å². The Kier molecular flexibility index (Phi) is 11.3. The van der Waals surface area contributed by atoms with Crippen molar-refractivity contribution >= 4 is 43.5 Å². The Labute approximate surface area is 266 Å². The Bertz CT molecular complexity index is 1670. The van der Waals surface area contributed by atoms with Crippen molar-refractivity contribution in [2.45, 2.75) is 50.2 Å². The van der Waals surface area contributed by atoms with Crippen molar-refractivity contribution in [3.8, 4) is 0 Å². The minimum atomic E-state index is -4.22. The van der Waals surface area contributed by atoms with E-state index in [1.54, 1.807) is 60.7 Å². The molecule has 0 aromatic heterocycles. The third-order valence-electron chi connectivity index (χ3n) is 7.28. The van der Waals surface area contributed by atoms with Crippen LogP contribution in [-0.2, 0) is 32.6 Å². The van der Waals surface area contributed by atoms with E-state index in [0.29, 0.717) is 10.9 Å². The molecule has 0 aliphatic heterocycles. The zero-order chi connectivity index (χ0) is 31.7. The van der Waals surface area contributed by atoms with Crippen molar-refractivity contribution < 1.29 is 22.4 Å². The Morgan fingerprint density at radius 3 is 2.16 bits per heavy atom. The zero-order valence-corrected chi connectivity index (χ0v) is 27.0. The molecule has 230 valence electrons. The number of amides is 2. The Morgan fingerprint density at radius 1 is 0.886 bits per heavy atom. The van der Waals surface area contributed by atoms with Gasteiger partial charge in [-0.15, -0.1) is 0 Å². The lowest BCUT2D eigenvalue weighted by Gasteiger charge is -2.34. The van der Waals surface area contributed by atoms with E-state index in [9.17, 15) is 18.0 Å². The molecule has 2 atom stereocenters. The number of halogens is 2. The average molecular weight is 681 g/mol. The van der Waals surface area contributed by atoms with Crippen LogP contribution in [0.5, 0.6) is 0 Å². The monoisotopic (exact) mass is 679 g/mol. The molecule has 0 aliphatic carbocycles. The first-order valence-electron chi connectivity index (χ1n) is 14.3. The average Bonchev–Trinajstić information content (AvgIpc) is 3.03. The van der Waals surface area contributed by atoms with Gasteiger partial charge in [0.25, 0.3) is 10.0 Å². The maximum Gasteiger partial charge on any atom is 0.264 e. The molecular formula is C34H35BrFN3O4S. The molecule has 0 saturated carbocycles. The summed E-state index contributed by atoms with van der Waals surface area (Å²) < 4.78 is 44.6.